The number of rotatable bonds is 5. The van der Waals surface area contributed by atoms with Gasteiger partial charge in [0.1, 0.15) is 11.8 Å². The predicted octanol–water partition coefficient (Wildman–Crippen LogP) is 3.14. The molecule has 5 nitrogen and oxygen atoms in total. The summed E-state index contributed by atoms with van der Waals surface area (Å²) in [6, 6.07) is 11.4. The average Bonchev–Trinajstić information content (AvgIpc) is 2.97. The van der Waals surface area contributed by atoms with Crippen LogP contribution in [0.5, 0.6) is 0 Å². The van der Waals surface area contributed by atoms with Crippen molar-refractivity contribution < 1.29 is 14.3 Å². The molecule has 1 fully saturated rings. The minimum atomic E-state index is -0.418. The Labute approximate surface area is 151 Å². The summed E-state index contributed by atoms with van der Waals surface area (Å²) >= 11 is 5.72. The lowest BCUT2D eigenvalue weighted by atomic mass is 10.1. The van der Waals surface area contributed by atoms with E-state index in [2.05, 4.69) is 4.98 Å². The van der Waals surface area contributed by atoms with Crippen LogP contribution >= 0.6 is 11.6 Å². The second kappa shape index (κ2) is 7.66. The summed E-state index contributed by atoms with van der Waals surface area (Å²) in [7, 11) is 0. The van der Waals surface area contributed by atoms with Crippen LogP contribution in [0.2, 0.25) is 5.15 Å². The number of likely N-dealkylation sites (tertiary alicyclic amines) is 1. The topological polar surface area (TPSA) is 59.5 Å². The van der Waals surface area contributed by atoms with Crippen molar-refractivity contribution in [2.24, 2.45) is 5.92 Å². The van der Waals surface area contributed by atoms with Gasteiger partial charge < -0.3 is 9.64 Å². The number of amides is 1. The summed E-state index contributed by atoms with van der Waals surface area (Å²) in [5.41, 5.74) is 2.99. The van der Waals surface area contributed by atoms with Gasteiger partial charge in [0.05, 0.1) is 5.92 Å². The minimum Gasteiger partial charge on any atom is -0.460 e. The maximum Gasteiger partial charge on any atom is 0.311 e. The van der Waals surface area contributed by atoms with E-state index in [1.54, 1.807) is 23.2 Å². The Hall–Kier alpha value is -2.40. The largest absolute Gasteiger partial charge is 0.460 e. The molecule has 1 saturated heterocycles. The molecule has 25 heavy (non-hydrogen) atoms. The second-order valence-electron chi connectivity index (χ2n) is 6.26. The van der Waals surface area contributed by atoms with E-state index < -0.39 is 5.92 Å². The van der Waals surface area contributed by atoms with Gasteiger partial charge in [0, 0.05) is 31.3 Å². The van der Waals surface area contributed by atoms with E-state index >= 15 is 0 Å². The van der Waals surface area contributed by atoms with Crippen molar-refractivity contribution in [2.45, 2.75) is 26.5 Å². The monoisotopic (exact) mass is 358 g/mol. The molecule has 1 atom stereocenters. The number of aryl methyl sites for hydroxylation is 1. The summed E-state index contributed by atoms with van der Waals surface area (Å²) in [5, 5.41) is 0.392. The number of hydrogen-bond donors (Lipinski definition) is 0. The molecule has 2 aromatic rings. The number of carbonyl (C=O) groups excluding carboxylic acids is 2. The average molecular weight is 359 g/mol. The van der Waals surface area contributed by atoms with Crippen molar-refractivity contribution >= 4 is 23.5 Å². The highest BCUT2D eigenvalue weighted by Gasteiger charge is 2.35. The molecule has 0 bridgehead atoms. The van der Waals surface area contributed by atoms with Gasteiger partial charge >= 0.3 is 5.97 Å². The Morgan fingerprint density at radius 3 is 2.64 bits per heavy atom. The Balaban J connectivity index is 1.53. The predicted molar refractivity (Wildman–Crippen MR) is 93.7 cm³/mol. The van der Waals surface area contributed by atoms with Gasteiger partial charge in [0.25, 0.3) is 0 Å². The highest BCUT2D eigenvalue weighted by Crippen LogP contribution is 2.22. The van der Waals surface area contributed by atoms with E-state index in [4.69, 9.17) is 16.3 Å². The molecule has 130 valence electrons. The number of carbonyl (C=O) groups is 2. The molecule has 0 N–H and O–H groups in total. The Bertz CT molecular complexity index is 759. The second-order valence-corrected chi connectivity index (χ2v) is 6.65. The summed E-state index contributed by atoms with van der Waals surface area (Å²) in [4.78, 5) is 30.0. The van der Waals surface area contributed by atoms with Gasteiger partial charge in [-0.05, 0) is 18.6 Å². The number of nitrogens with zero attached hydrogens (tertiary/aromatic N) is 2. The molecule has 1 unspecified atom stereocenters. The van der Waals surface area contributed by atoms with Crippen LogP contribution in [0.15, 0.2) is 42.6 Å². The van der Waals surface area contributed by atoms with E-state index in [1.807, 2.05) is 31.2 Å². The molecule has 1 aliphatic heterocycles. The lowest BCUT2D eigenvalue weighted by Gasteiger charge is -2.16. The van der Waals surface area contributed by atoms with E-state index in [9.17, 15) is 9.59 Å². The third-order valence-electron chi connectivity index (χ3n) is 4.21. The Morgan fingerprint density at radius 1 is 1.24 bits per heavy atom. The molecule has 0 saturated carbocycles. The summed E-state index contributed by atoms with van der Waals surface area (Å²) < 4.78 is 5.31. The van der Waals surface area contributed by atoms with Crippen LogP contribution < -0.4 is 0 Å². The normalized spacial score (nSPS) is 17.0. The van der Waals surface area contributed by atoms with Crippen molar-refractivity contribution in [1.82, 2.24) is 9.88 Å². The van der Waals surface area contributed by atoms with Crippen molar-refractivity contribution in [3.05, 3.63) is 64.4 Å². The molecule has 1 aromatic carbocycles. The maximum absolute atomic E-state index is 12.2. The van der Waals surface area contributed by atoms with Crippen molar-refractivity contribution in [3.8, 4) is 0 Å². The van der Waals surface area contributed by atoms with Crippen LogP contribution in [0.4, 0.5) is 0 Å². The van der Waals surface area contributed by atoms with Crippen molar-refractivity contribution in [3.63, 3.8) is 0 Å². The van der Waals surface area contributed by atoms with E-state index in [0.29, 0.717) is 18.2 Å². The smallest absolute Gasteiger partial charge is 0.311 e. The molecular weight excluding hydrogens is 340 g/mol. The van der Waals surface area contributed by atoms with Gasteiger partial charge in [-0.15, -0.1) is 0 Å². The molecule has 1 amide bonds. The molecule has 1 aromatic heterocycles. The molecule has 6 heteroatoms. The van der Waals surface area contributed by atoms with Gasteiger partial charge in [-0.1, -0.05) is 47.5 Å². The van der Waals surface area contributed by atoms with Crippen LogP contribution in [0, 0.1) is 12.8 Å². The first-order valence-electron chi connectivity index (χ1n) is 8.11. The standard InChI is InChI=1S/C19H19ClN2O3/c1-13-2-4-14(5-3-13)10-22-11-16(8-18(22)23)19(24)25-12-15-6-7-17(20)21-9-15/h2-7,9,16H,8,10-12H2,1H3. The zero-order valence-corrected chi connectivity index (χ0v) is 14.7. The first-order chi connectivity index (χ1) is 12.0. The molecule has 0 spiro atoms. The fourth-order valence-corrected chi connectivity index (χ4v) is 2.87. The van der Waals surface area contributed by atoms with Gasteiger partial charge in [-0.25, -0.2) is 4.98 Å². The lowest BCUT2D eigenvalue weighted by molar-refractivity contribution is -0.149. The Kier molecular flexibility index (Phi) is 5.34. The molecule has 0 aliphatic carbocycles. The van der Waals surface area contributed by atoms with E-state index in [1.165, 1.54) is 5.56 Å². The lowest BCUT2D eigenvalue weighted by Crippen LogP contribution is -2.26. The van der Waals surface area contributed by atoms with Gasteiger partial charge in [0.2, 0.25) is 5.91 Å². The van der Waals surface area contributed by atoms with E-state index in [0.717, 1.165) is 11.1 Å². The number of benzene rings is 1. The molecule has 1 aliphatic rings. The highest BCUT2D eigenvalue weighted by molar-refractivity contribution is 6.29. The molecule has 0 radical (unpaired) electrons. The van der Waals surface area contributed by atoms with Crippen LogP contribution in [0.1, 0.15) is 23.1 Å². The van der Waals surface area contributed by atoms with Crippen LogP contribution in [0.3, 0.4) is 0 Å². The van der Waals surface area contributed by atoms with Gasteiger partial charge in [-0.3, -0.25) is 9.59 Å². The van der Waals surface area contributed by atoms with Crippen LogP contribution in [0.25, 0.3) is 0 Å². The zero-order valence-electron chi connectivity index (χ0n) is 13.9. The number of ether oxygens (including phenoxy) is 1. The number of hydrogen-bond acceptors (Lipinski definition) is 4. The summed E-state index contributed by atoms with van der Waals surface area (Å²) in [5.74, 6) is -0.788. The molecule has 2 heterocycles. The maximum atomic E-state index is 12.2. The number of halogens is 1. The van der Waals surface area contributed by atoms with Gasteiger partial charge in [0.15, 0.2) is 0 Å². The third-order valence-corrected chi connectivity index (χ3v) is 4.44. The first kappa shape index (κ1) is 17.4. The number of aromatic nitrogens is 1. The quantitative estimate of drug-likeness (QED) is 0.608. The van der Waals surface area contributed by atoms with Crippen molar-refractivity contribution in [2.75, 3.05) is 6.54 Å². The fraction of sp³-hybridized carbons (Fsp3) is 0.316. The zero-order chi connectivity index (χ0) is 17.8. The van der Waals surface area contributed by atoms with E-state index in [-0.39, 0.29) is 24.9 Å². The molecular formula is C19H19ClN2O3. The SMILES string of the molecule is Cc1ccc(CN2CC(C(=O)OCc3ccc(Cl)nc3)CC2=O)cc1. The van der Waals surface area contributed by atoms with Crippen LogP contribution in [-0.2, 0) is 27.5 Å². The molecule has 3 rings (SSSR count). The number of esters is 1. The fourth-order valence-electron chi connectivity index (χ4n) is 2.76. The third kappa shape index (κ3) is 4.57. The summed E-state index contributed by atoms with van der Waals surface area (Å²) in [6.07, 6.45) is 1.77. The van der Waals surface area contributed by atoms with Crippen LogP contribution in [-0.4, -0.2) is 28.3 Å². The Morgan fingerprint density at radius 2 is 1.96 bits per heavy atom. The summed E-state index contributed by atoms with van der Waals surface area (Å²) in [6.45, 7) is 3.06. The first-order valence-corrected chi connectivity index (χ1v) is 8.49. The highest BCUT2D eigenvalue weighted by atomic mass is 35.5. The minimum absolute atomic E-state index is 0.0179. The van der Waals surface area contributed by atoms with Gasteiger partial charge in [-0.2, -0.15) is 0 Å². The van der Waals surface area contributed by atoms with Crippen molar-refractivity contribution in [1.29, 1.82) is 0 Å². The number of pyridine rings is 1.